The zero-order valence-corrected chi connectivity index (χ0v) is 11.5. The first-order valence-electron chi connectivity index (χ1n) is 5.64. The van der Waals surface area contributed by atoms with Crippen molar-refractivity contribution in [3.05, 3.63) is 51.5 Å². The molecule has 0 fully saturated rings. The predicted molar refractivity (Wildman–Crippen MR) is 77.4 cm³/mol. The Kier molecular flexibility index (Phi) is 3.23. The number of benzene rings is 1. The van der Waals surface area contributed by atoms with Crippen molar-refractivity contribution in [2.24, 2.45) is 0 Å². The van der Waals surface area contributed by atoms with Crippen LogP contribution in [0.3, 0.4) is 0 Å². The highest BCUT2D eigenvalue weighted by atomic mass is 32.1. The van der Waals surface area contributed by atoms with Crippen molar-refractivity contribution in [2.75, 3.05) is 0 Å². The van der Waals surface area contributed by atoms with Crippen LogP contribution in [-0.2, 0) is 6.61 Å². The lowest BCUT2D eigenvalue weighted by Gasteiger charge is -2.02. The van der Waals surface area contributed by atoms with Crippen molar-refractivity contribution < 1.29 is 14.6 Å². The quantitative estimate of drug-likeness (QED) is 0.781. The van der Waals surface area contributed by atoms with Crippen LogP contribution in [0.2, 0.25) is 0 Å². The zero-order valence-electron chi connectivity index (χ0n) is 9.83. The Bertz CT molecular complexity index is 727. The summed E-state index contributed by atoms with van der Waals surface area (Å²) in [6, 6.07) is 9.73. The van der Waals surface area contributed by atoms with Crippen LogP contribution in [-0.4, -0.2) is 11.1 Å². The van der Waals surface area contributed by atoms with Gasteiger partial charge >= 0.3 is 5.97 Å². The molecular weight excluding hydrogens is 280 g/mol. The van der Waals surface area contributed by atoms with E-state index in [4.69, 9.17) is 9.84 Å². The molecule has 3 rings (SSSR count). The van der Waals surface area contributed by atoms with Gasteiger partial charge in [-0.25, -0.2) is 4.79 Å². The molecule has 19 heavy (non-hydrogen) atoms. The van der Waals surface area contributed by atoms with Crippen LogP contribution in [0.1, 0.15) is 15.2 Å². The third-order valence-electron chi connectivity index (χ3n) is 2.74. The van der Waals surface area contributed by atoms with E-state index in [1.165, 1.54) is 21.4 Å². The number of hydrogen-bond acceptors (Lipinski definition) is 4. The lowest BCUT2D eigenvalue weighted by Crippen LogP contribution is -1.94. The van der Waals surface area contributed by atoms with E-state index in [2.05, 4.69) is 17.5 Å². The van der Waals surface area contributed by atoms with Crippen LogP contribution in [0.15, 0.2) is 41.1 Å². The first-order chi connectivity index (χ1) is 9.24. The summed E-state index contributed by atoms with van der Waals surface area (Å²) in [5.74, 6) is -0.307. The molecular formula is C14H10O3S2. The zero-order chi connectivity index (χ0) is 13.2. The van der Waals surface area contributed by atoms with E-state index in [9.17, 15) is 4.79 Å². The summed E-state index contributed by atoms with van der Waals surface area (Å²) < 4.78 is 6.88. The highest BCUT2D eigenvalue weighted by Gasteiger charge is 2.09. The second kappa shape index (κ2) is 5.03. The molecule has 96 valence electrons. The van der Waals surface area contributed by atoms with E-state index in [0.717, 1.165) is 5.56 Å². The number of fused-ring (bicyclic) bond motifs is 1. The number of rotatable bonds is 4. The summed E-state index contributed by atoms with van der Waals surface area (Å²) in [4.78, 5) is 11.1. The minimum absolute atomic E-state index is 0.296. The molecule has 1 N–H and O–H groups in total. The molecule has 0 aliphatic heterocycles. The summed E-state index contributed by atoms with van der Waals surface area (Å²) in [5, 5.41) is 13.8. The minimum Gasteiger partial charge on any atom is -0.488 e. The lowest BCUT2D eigenvalue weighted by molar-refractivity contribution is 0.0702. The van der Waals surface area contributed by atoms with Crippen LogP contribution < -0.4 is 4.74 Å². The second-order valence-corrected chi connectivity index (χ2v) is 5.82. The fourth-order valence-electron chi connectivity index (χ4n) is 1.81. The highest BCUT2D eigenvalue weighted by Crippen LogP contribution is 2.28. The highest BCUT2D eigenvalue weighted by molar-refractivity contribution is 7.17. The number of carboxylic acid groups (broad SMARTS) is 1. The molecule has 0 atom stereocenters. The smallest absolute Gasteiger partial charge is 0.346 e. The van der Waals surface area contributed by atoms with Gasteiger partial charge in [-0.1, -0.05) is 18.2 Å². The molecule has 0 bridgehead atoms. The number of hydrogen-bond donors (Lipinski definition) is 1. The van der Waals surface area contributed by atoms with Gasteiger partial charge in [0.1, 0.15) is 17.2 Å². The molecule has 0 aliphatic rings. The molecule has 0 amide bonds. The Balaban J connectivity index is 1.76. The topological polar surface area (TPSA) is 46.5 Å². The first-order valence-corrected chi connectivity index (χ1v) is 7.40. The molecule has 0 unspecified atom stereocenters. The monoisotopic (exact) mass is 290 g/mol. The second-order valence-electron chi connectivity index (χ2n) is 4.00. The van der Waals surface area contributed by atoms with Gasteiger partial charge in [-0.15, -0.1) is 22.7 Å². The molecule has 0 aliphatic carbocycles. The Labute approximate surface area is 117 Å². The maximum Gasteiger partial charge on any atom is 0.346 e. The fraction of sp³-hybridized carbons (Fsp3) is 0.0714. The maximum atomic E-state index is 10.8. The molecule has 1 aromatic carbocycles. The van der Waals surface area contributed by atoms with Gasteiger partial charge in [0.05, 0.1) is 0 Å². The summed E-state index contributed by atoms with van der Waals surface area (Å²) >= 11 is 2.86. The van der Waals surface area contributed by atoms with Gasteiger partial charge < -0.3 is 9.84 Å². The summed E-state index contributed by atoms with van der Waals surface area (Å²) in [5.41, 5.74) is 1.13. The molecule has 2 aromatic heterocycles. The standard InChI is InChI=1S/C14H10O3S2/c15-14(16)13-5-10(8-19-13)17-6-9-7-18-12-4-2-1-3-11(9)12/h1-5,7-8H,6H2,(H,15,16). The Hall–Kier alpha value is -1.85. The van der Waals surface area contributed by atoms with E-state index in [0.29, 0.717) is 17.2 Å². The number of carbonyl (C=O) groups is 1. The van der Waals surface area contributed by atoms with Gasteiger partial charge in [0.2, 0.25) is 0 Å². The minimum atomic E-state index is -0.916. The van der Waals surface area contributed by atoms with Crippen molar-refractivity contribution in [3.63, 3.8) is 0 Å². The van der Waals surface area contributed by atoms with E-state index in [1.54, 1.807) is 22.8 Å². The maximum absolute atomic E-state index is 10.8. The van der Waals surface area contributed by atoms with Crippen molar-refractivity contribution >= 4 is 38.7 Å². The van der Waals surface area contributed by atoms with Crippen molar-refractivity contribution in [1.82, 2.24) is 0 Å². The van der Waals surface area contributed by atoms with Gasteiger partial charge in [-0.2, -0.15) is 0 Å². The normalized spacial score (nSPS) is 10.7. The summed E-state index contributed by atoms with van der Waals surface area (Å²) in [7, 11) is 0. The molecule has 5 heteroatoms. The summed E-state index contributed by atoms with van der Waals surface area (Å²) in [6.07, 6.45) is 0. The third-order valence-corrected chi connectivity index (χ3v) is 4.65. The molecule has 2 heterocycles. The lowest BCUT2D eigenvalue weighted by atomic mass is 10.2. The van der Waals surface area contributed by atoms with Crippen molar-refractivity contribution in [3.8, 4) is 5.75 Å². The Morgan fingerprint density at radius 1 is 1.21 bits per heavy atom. The van der Waals surface area contributed by atoms with Crippen LogP contribution in [0.5, 0.6) is 5.75 Å². The van der Waals surface area contributed by atoms with E-state index < -0.39 is 5.97 Å². The van der Waals surface area contributed by atoms with Crippen LogP contribution in [0.4, 0.5) is 0 Å². The van der Waals surface area contributed by atoms with Crippen molar-refractivity contribution in [1.29, 1.82) is 0 Å². The SMILES string of the molecule is O=C(O)c1cc(OCc2csc3ccccc23)cs1. The van der Waals surface area contributed by atoms with Crippen LogP contribution >= 0.6 is 22.7 Å². The number of carboxylic acids is 1. The average Bonchev–Trinajstić information content (AvgIpc) is 3.03. The molecule has 3 nitrogen and oxygen atoms in total. The van der Waals surface area contributed by atoms with Crippen LogP contribution in [0, 0.1) is 0 Å². The fourth-order valence-corrected chi connectivity index (χ4v) is 3.42. The van der Waals surface area contributed by atoms with E-state index in [-0.39, 0.29) is 0 Å². The third kappa shape index (κ3) is 2.47. The largest absolute Gasteiger partial charge is 0.488 e. The number of ether oxygens (including phenoxy) is 1. The van der Waals surface area contributed by atoms with Gasteiger partial charge in [0.15, 0.2) is 0 Å². The van der Waals surface area contributed by atoms with Crippen molar-refractivity contribution in [2.45, 2.75) is 6.61 Å². The average molecular weight is 290 g/mol. The number of thiophene rings is 2. The summed E-state index contributed by atoms with van der Waals surface area (Å²) in [6.45, 7) is 0.458. The van der Waals surface area contributed by atoms with Gasteiger partial charge in [-0.3, -0.25) is 0 Å². The molecule has 0 saturated heterocycles. The van der Waals surface area contributed by atoms with E-state index >= 15 is 0 Å². The molecule has 0 saturated carbocycles. The van der Waals surface area contributed by atoms with Gasteiger partial charge in [-0.05, 0) is 16.8 Å². The van der Waals surface area contributed by atoms with Gasteiger partial charge in [0, 0.05) is 21.7 Å². The van der Waals surface area contributed by atoms with Crippen LogP contribution in [0.25, 0.3) is 10.1 Å². The first kappa shape index (κ1) is 12.2. The molecule has 0 spiro atoms. The number of aromatic carboxylic acids is 1. The molecule has 0 radical (unpaired) electrons. The molecule has 3 aromatic rings. The van der Waals surface area contributed by atoms with Gasteiger partial charge in [0.25, 0.3) is 0 Å². The predicted octanol–water partition coefficient (Wildman–Crippen LogP) is 4.24. The Morgan fingerprint density at radius 2 is 2.05 bits per heavy atom. The Morgan fingerprint density at radius 3 is 2.84 bits per heavy atom. The van der Waals surface area contributed by atoms with E-state index in [1.807, 2.05) is 12.1 Å².